The molecule has 2 amide bonds. The van der Waals surface area contributed by atoms with Gasteiger partial charge in [-0.2, -0.15) is 13.2 Å². The van der Waals surface area contributed by atoms with E-state index in [9.17, 15) is 27.9 Å². The van der Waals surface area contributed by atoms with Crippen molar-refractivity contribution in [2.24, 2.45) is 0 Å². The van der Waals surface area contributed by atoms with Gasteiger partial charge >= 0.3 is 18.2 Å². The zero-order valence-corrected chi connectivity index (χ0v) is 11.1. The lowest BCUT2D eigenvalue weighted by molar-refractivity contribution is -0.145. The van der Waals surface area contributed by atoms with Crippen molar-refractivity contribution in [2.45, 2.75) is 44.6 Å². The maximum absolute atomic E-state index is 12.5. The Labute approximate surface area is 113 Å². The number of carboxylic acids is 1. The molecule has 1 saturated heterocycles. The predicted octanol–water partition coefficient (Wildman–Crippen LogP) is 0.899. The minimum absolute atomic E-state index is 0.182. The van der Waals surface area contributed by atoms with Crippen LogP contribution in [0.3, 0.4) is 0 Å². The van der Waals surface area contributed by atoms with Gasteiger partial charge in [-0.25, -0.2) is 9.59 Å². The Kier molecular flexibility index (Phi) is 4.85. The minimum Gasteiger partial charge on any atom is -0.480 e. The molecule has 1 heterocycles. The van der Waals surface area contributed by atoms with Gasteiger partial charge in [-0.05, 0) is 13.8 Å². The fourth-order valence-electron chi connectivity index (χ4n) is 2.09. The van der Waals surface area contributed by atoms with Gasteiger partial charge in [0.25, 0.3) is 0 Å². The molecule has 2 atom stereocenters. The van der Waals surface area contributed by atoms with Crippen molar-refractivity contribution in [3.63, 3.8) is 0 Å². The van der Waals surface area contributed by atoms with E-state index >= 15 is 0 Å². The highest BCUT2D eigenvalue weighted by atomic mass is 19.4. The van der Waals surface area contributed by atoms with Crippen molar-refractivity contribution in [1.29, 1.82) is 0 Å². The molecule has 0 saturated carbocycles. The molecule has 0 unspecified atom stereocenters. The molecule has 9 heteroatoms. The summed E-state index contributed by atoms with van der Waals surface area (Å²) in [5.74, 6) is -1.34. The number of carbonyl (C=O) groups excluding carboxylic acids is 1. The van der Waals surface area contributed by atoms with Crippen molar-refractivity contribution in [3.05, 3.63) is 0 Å². The lowest BCUT2D eigenvalue weighted by Gasteiger charge is -2.33. The third-order valence-electron chi connectivity index (χ3n) is 3.03. The van der Waals surface area contributed by atoms with E-state index in [1.54, 1.807) is 0 Å². The van der Waals surface area contributed by atoms with Gasteiger partial charge < -0.3 is 20.0 Å². The number of aliphatic carboxylic acids is 1. The third-order valence-corrected chi connectivity index (χ3v) is 3.03. The number of β-amino-alcohol motifs (C(OH)–C–C–N with tert-alkyl or cyclic N) is 1. The number of halogens is 3. The highest BCUT2D eigenvalue weighted by Gasteiger charge is 2.43. The van der Waals surface area contributed by atoms with Crippen molar-refractivity contribution < 1.29 is 33.0 Å². The second-order valence-electron chi connectivity index (χ2n) is 5.02. The molecule has 0 aliphatic carbocycles. The first-order chi connectivity index (χ1) is 9.03. The molecule has 2 N–H and O–H groups in total. The van der Waals surface area contributed by atoms with Crippen molar-refractivity contribution in [3.8, 4) is 0 Å². The smallest absolute Gasteiger partial charge is 0.406 e. The Morgan fingerprint density at radius 3 is 2.35 bits per heavy atom. The molecule has 1 aliphatic heterocycles. The maximum atomic E-state index is 12.5. The van der Waals surface area contributed by atoms with Crippen molar-refractivity contribution in [2.75, 3.05) is 13.1 Å². The van der Waals surface area contributed by atoms with Gasteiger partial charge in [-0.15, -0.1) is 0 Å². The molecule has 116 valence electrons. The summed E-state index contributed by atoms with van der Waals surface area (Å²) in [6.07, 6.45) is -5.80. The fourth-order valence-corrected chi connectivity index (χ4v) is 2.09. The minimum atomic E-state index is -4.57. The van der Waals surface area contributed by atoms with Crippen LogP contribution in [0.15, 0.2) is 0 Å². The van der Waals surface area contributed by atoms with Gasteiger partial charge in [-0.3, -0.25) is 0 Å². The van der Waals surface area contributed by atoms with E-state index < -0.39 is 42.9 Å². The highest BCUT2D eigenvalue weighted by molar-refractivity contribution is 5.83. The summed E-state index contributed by atoms with van der Waals surface area (Å²) in [7, 11) is 0. The van der Waals surface area contributed by atoms with Gasteiger partial charge in [-0.1, -0.05) is 0 Å². The van der Waals surface area contributed by atoms with Crippen molar-refractivity contribution >= 4 is 12.0 Å². The summed E-state index contributed by atoms with van der Waals surface area (Å²) in [5, 5.41) is 18.4. The summed E-state index contributed by atoms with van der Waals surface area (Å²) < 4.78 is 37.4. The van der Waals surface area contributed by atoms with Crippen LogP contribution in [0.4, 0.5) is 18.0 Å². The monoisotopic (exact) mass is 298 g/mol. The number of aliphatic hydroxyl groups excluding tert-OH is 1. The third kappa shape index (κ3) is 3.99. The molecule has 1 rings (SSSR count). The average molecular weight is 298 g/mol. The molecular weight excluding hydrogens is 281 g/mol. The Balaban J connectivity index is 2.91. The van der Waals surface area contributed by atoms with E-state index in [4.69, 9.17) is 5.11 Å². The zero-order chi connectivity index (χ0) is 15.7. The van der Waals surface area contributed by atoms with Crippen LogP contribution in [0.1, 0.15) is 20.3 Å². The summed E-state index contributed by atoms with van der Waals surface area (Å²) >= 11 is 0. The number of carbonyl (C=O) groups is 2. The number of rotatable bonds is 3. The lowest BCUT2D eigenvalue weighted by Crippen LogP contribution is -2.52. The Morgan fingerprint density at radius 2 is 1.95 bits per heavy atom. The molecule has 1 aliphatic rings. The van der Waals surface area contributed by atoms with Crippen LogP contribution < -0.4 is 0 Å². The number of likely N-dealkylation sites (tertiary alicyclic amines) is 1. The molecule has 0 aromatic carbocycles. The topological polar surface area (TPSA) is 81.1 Å². The Morgan fingerprint density at radius 1 is 1.40 bits per heavy atom. The van der Waals surface area contributed by atoms with E-state index in [1.165, 1.54) is 13.8 Å². The van der Waals surface area contributed by atoms with Crippen LogP contribution in [-0.2, 0) is 4.79 Å². The maximum Gasteiger partial charge on any atom is 0.406 e. The van der Waals surface area contributed by atoms with E-state index in [-0.39, 0.29) is 13.0 Å². The first-order valence-electron chi connectivity index (χ1n) is 6.07. The molecule has 20 heavy (non-hydrogen) atoms. The quantitative estimate of drug-likeness (QED) is 0.811. The molecule has 0 radical (unpaired) electrons. The molecule has 0 aromatic heterocycles. The summed E-state index contributed by atoms with van der Waals surface area (Å²) in [6, 6.07) is -3.07. The van der Waals surface area contributed by atoms with E-state index in [0.717, 1.165) is 4.90 Å². The van der Waals surface area contributed by atoms with Crippen LogP contribution >= 0.6 is 0 Å². The first kappa shape index (κ1) is 16.5. The summed E-state index contributed by atoms with van der Waals surface area (Å²) in [6.45, 7) is 1.08. The number of nitrogens with zero attached hydrogens (tertiary/aromatic N) is 2. The van der Waals surface area contributed by atoms with Gasteiger partial charge in [0.15, 0.2) is 0 Å². The summed E-state index contributed by atoms with van der Waals surface area (Å²) in [4.78, 5) is 24.4. The number of hydrogen-bond donors (Lipinski definition) is 2. The average Bonchev–Trinajstić information content (AvgIpc) is 2.66. The molecular formula is C11H17F3N2O4. The standard InChI is InChI=1S/C11H17F3N2O4/c1-6(2)16(5-11(12,13)14)10(20)15-4-7(17)3-8(15)9(18)19/h6-8,17H,3-5H2,1-2H3,(H,18,19)/t7-,8-/m1/s1. The number of alkyl halides is 3. The fraction of sp³-hybridized carbons (Fsp3) is 0.818. The normalized spacial score (nSPS) is 23.2. The van der Waals surface area contributed by atoms with Crippen LogP contribution in [-0.4, -0.2) is 69.5 Å². The SMILES string of the molecule is CC(C)N(CC(F)(F)F)C(=O)N1C[C@H](O)C[C@@H]1C(=O)O. The van der Waals surface area contributed by atoms with E-state index in [2.05, 4.69) is 0 Å². The number of carboxylic acid groups (broad SMARTS) is 1. The predicted molar refractivity (Wildman–Crippen MR) is 62.0 cm³/mol. The zero-order valence-electron chi connectivity index (χ0n) is 11.1. The Bertz CT molecular complexity index is 386. The number of hydrogen-bond acceptors (Lipinski definition) is 3. The first-order valence-corrected chi connectivity index (χ1v) is 6.07. The number of aliphatic hydroxyl groups is 1. The molecule has 0 bridgehead atoms. The largest absolute Gasteiger partial charge is 0.480 e. The molecule has 0 aromatic rings. The van der Waals surface area contributed by atoms with Gasteiger partial charge in [0.2, 0.25) is 0 Å². The molecule has 0 spiro atoms. The van der Waals surface area contributed by atoms with Crippen LogP contribution in [0.5, 0.6) is 0 Å². The second-order valence-corrected chi connectivity index (χ2v) is 5.02. The van der Waals surface area contributed by atoms with Crippen molar-refractivity contribution in [1.82, 2.24) is 9.80 Å². The Hall–Kier alpha value is -1.51. The van der Waals surface area contributed by atoms with Crippen LogP contribution in [0.2, 0.25) is 0 Å². The molecule has 6 nitrogen and oxygen atoms in total. The van der Waals surface area contributed by atoms with Crippen LogP contribution in [0, 0.1) is 0 Å². The highest BCUT2D eigenvalue weighted by Crippen LogP contribution is 2.24. The summed E-state index contributed by atoms with van der Waals surface area (Å²) in [5.41, 5.74) is 0. The van der Waals surface area contributed by atoms with Gasteiger partial charge in [0.05, 0.1) is 6.10 Å². The van der Waals surface area contributed by atoms with Crippen LogP contribution in [0.25, 0.3) is 0 Å². The lowest BCUT2D eigenvalue weighted by atomic mass is 10.2. The number of urea groups is 1. The van der Waals surface area contributed by atoms with E-state index in [1.807, 2.05) is 0 Å². The second kappa shape index (κ2) is 5.86. The van der Waals surface area contributed by atoms with Gasteiger partial charge in [0.1, 0.15) is 12.6 Å². The number of amides is 2. The van der Waals surface area contributed by atoms with Gasteiger partial charge in [0, 0.05) is 19.0 Å². The molecule has 1 fully saturated rings. The van der Waals surface area contributed by atoms with E-state index in [0.29, 0.717) is 4.90 Å².